The number of nitrogens with zero attached hydrogens (tertiary/aromatic N) is 3. The van der Waals surface area contributed by atoms with Crippen molar-refractivity contribution in [1.29, 1.82) is 0 Å². The number of piperidine rings is 1. The van der Waals surface area contributed by atoms with E-state index in [1.54, 1.807) is 0 Å². The number of aryl methyl sites for hydroxylation is 1. The number of amides is 1. The van der Waals surface area contributed by atoms with Crippen LogP contribution < -0.4 is 5.32 Å². The number of hydrogen-bond donors (Lipinski definition) is 1. The Hall–Kier alpha value is -0.980. The third-order valence-electron chi connectivity index (χ3n) is 3.52. The van der Waals surface area contributed by atoms with E-state index in [2.05, 4.69) is 34.2 Å². The van der Waals surface area contributed by atoms with Crippen molar-refractivity contribution in [3.63, 3.8) is 0 Å². The molecule has 1 fully saturated rings. The van der Waals surface area contributed by atoms with E-state index >= 15 is 0 Å². The van der Waals surface area contributed by atoms with Gasteiger partial charge in [0.1, 0.15) is 0 Å². The standard InChI is InChI=1S/C13H22N4OS/c1-10-9-19-13(14-10)15-12(18)8-17-6-4-11(5-7-17)16(2)3/h9,11H,4-8H2,1-3H3,(H,14,15,18). The van der Waals surface area contributed by atoms with Crippen molar-refractivity contribution in [2.24, 2.45) is 0 Å². The van der Waals surface area contributed by atoms with Gasteiger partial charge in [-0.15, -0.1) is 11.3 Å². The van der Waals surface area contributed by atoms with Crippen LogP contribution in [0.25, 0.3) is 0 Å². The van der Waals surface area contributed by atoms with E-state index in [-0.39, 0.29) is 5.91 Å². The Labute approximate surface area is 118 Å². The fourth-order valence-corrected chi connectivity index (χ4v) is 3.07. The van der Waals surface area contributed by atoms with Gasteiger partial charge >= 0.3 is 0 Å². The lowest BCUT2D eigenvalue weighted by atomic mass is 10.0. The first kappa shape index (κ1) is 14.4. The number of carbonyl (C=O) groups is 1. The van der Waals surface area contributed by atoms with Crippen LogP contribution in [0.15, 0.2) is 5.38 Å². The molecule has 106 valence electrons. The molecule has 0 radical (unpaired) electrons. The van der Waals surface area contributed by atoms with Gasteiger partial charge in [-0.25, -0.2) is 4.98 Å². The first-order chi connectivity index (χ1) is 9.04. The number of carbonyl (C=O) groups excluding carboxylic acids is 1. The molecule has 2 rings (SSSR count). The van der Waals surface area contributed by atoms with E-state index in [0.717, 1.165) is 31.6 Å². The molecule has 1 saturated heterocycles. The predicted molar refractivity (Wildman–Crippen MR) is 78.6 cm³/mol. The first-order valence-electron chi connectivity index (χ1n) is 6.65. The van der Waals surface area contributed by atoms with Crippen LogP contribution in [-0.2, 0) is 4.79 Å². The molecule has 5 nitrogen and oxygen atoms in total. The van der Waals surface area contributed by atoms with Gasteiger partial charge in [-0.05, 0) is 33.9 Å². The monoisotopic (exact) mass is 282 g/mol. The van der Waals surface area contributed by atoms with Crippen LogP contribution >= 0.6 is 11.3 Å². The van der Waals surface area contributed by atoms with Gasteiger partial charge < -0.3 is 10.2 Å². The van der Waals surface area contributed by atoms with Gasteiger partial charge in [-0.2, -0.15) is 0 Å². The lowest BCUT2D eigenvalue weighted by Crippen LogP contribution is -2.44. The second kappa shape index (κ2) is 6.45. The van der Waals surface area contributed by atoms with E-state index in [0.29, 0.717) is 17.7 Å². The molecule has 0 saturated carbocycles. The molecule has 0 atom stereocenters. The zero-order valence-corrected chi connectivity index (χ0v) is 12.7. The van der Waals surface area contributed by atoms with Crippen LogP contribution in [0.3, 0.4) is 0 Å². The lowest BCUT2D eigenvalue weighted by molar-refractivity contribution is -0.117. The molecule has 1 amide bonds. The molecule has 0 spiro atoms. The first-order valence-corrected chi connectivity index (χ1v) is 7.53. The van der Waals surface area contributed by atoms with Crippen LogP contribution in [0.1, 0.15) is 18.5 Å². The van der Waals surface area contributed by atoms with Crippen molar-refractivity contribution >= 4 is 22.4 Å². The zero-order valence-electron chi connectivity index (χ0n) is 11.8. The normalized spacial score (nSPS) is 17.9. The molecule has 1 aromatic heterocycles. The van der Waals surface area contributed by atoms with E-state index in [1.807, 2.05) is 12.3 Å². The summed E-state index contributed by atoms with van der Waals surface area (Å²) in [6, 6.07) is 0.654. The van der Waals surface area contributed by atoms with Crippen LogP contribution in [0, 0.1) is 6.92 Å². The van der Waals surface area contributed by atoms with Gasteiger partial charge in [0.2, 0.25) is 5.91 Å². The van der Waals surface area contributed by atoms with Gasteiger partial charge in [0.15, 0.2) is 5.13 Å². The summed E-state index contributed by atoms with van der Waals surface area (Å²) in [5.74, 6) is 0.0395. The Bertz CT molecular complexity index is 424. The Kier molecular flexibility index (Phi) is 4.90. The Balaban J connectivity index is 1.75. The molecule has 2 heterocycles. The summed E-state index contributed by atoms with van der Waals surface area (Å²) >= 11 is 1.48. The predicted octanol–water partition coefficient (Wildman–Crippen LogP) is 1.42. The molecule has 1 aliphatic heterocycles. The summed E-state index contributed by atoms with van der Waals surface area (Å²) in [4.78, 5) is 20.6. The van der Waals surface area contributed by atoms with E-state index < -0.39 is 0 Å². The number of anilines is 1. The smallest absolute Gasteiger partial charge is 0.240 e. The highest BCUT2D eigenvalue weighted by molar-refractivity contribution is 7.13. The quantitative estimate of drug-likeness (QED) is 0.907. The average molecular weight is 282 g/mol. The SMILES string of the molecule is Cc1csc(NC(=O)CN2CCC(N(C)C)CC2)n1. The van der Waals surface area contributed by atoms with Crippen molar-refractivity contribution in [2.45, 2.75) is 25.8 Å². The molecule has 0 aliphatic carbocycles. The third kappa shape index (κ3) is 4.26. The lowest BCUT2D eigenvalue weighted by Gasteiger charge is -2.34. The average Bonchev–Trinajstić information content (AvgIpc) is 2.75. The zero-order chi connectivity index (χ0) is 13.8. The second-order valence-corrected chi connectivity index (χ2v) is 6.17. The van der Waals surface area contributed by atoms with E-state index in [1.165, 1.54) is 11.3 Å². The van der Waals surface area contributed by atoms with Crippen molar-refractivity contribution in [1.82, 2.24) is 14.8 Å². The van der Waals surface area contributed by atoms with Gasteiger partial charge in [0.25, 0.3) is 0 Å². The molecule has 1 N–H and O–H groups in total. The Morgan fingerprint density at radius 2 is 2.21 bits per heavy atom. The molecule has 1 aromatic rings. The summed E-state index contributed by atoms with van der Waals surface area (Å²) in [7, 11) is 4.25. The molecular formula is C13H22N4OS. The summed E-state index contributed by atoms with van der Waals surface area (Å²) in [5, 5.41) is 5.50. The van der Waals surface area contributed by atoms with Crippen LogP contribution in [0.4, 0.5) is 5.13 Å². The Morgan fingerprint density at radius 3 is 2.74 bits per heavy atom. The van der Waals surface area contributed by atoms with E-state index in [4.69, 9.17) is 0 Å². The molecule has 0 aromatic carbocycles. The number of likely N-dealkylation sites (tertiary alicyclic amines) is 1. The van der Waals surface area contributed by atoms with Crippen molar-refractivity contribution in [3.05, 3.63) is 11.1 Å². The Morgan fingerprint density at radius 1 is 1.53 bits per heavy atom. The topological polar surface area (TPSA) is 48.5 Å². The third-order valence-corrected chi connectivity index (χ3v) is 4.40. The van der Waals surface area contributed by atoms with Crippen molar-refractivity contribution in [3.8, 4) is 0 Å². The largest absolute Gasteiger partial charge is 0.306 e. The summed E-state index contributed by atoms with van der Waals surface area (Å²) in [6.45, 7) is 4.39. The van der Waals surface area contributed by atoms with Crippen LogP contribution in [0.2, 0.25) is 0 Å². The van der Waals surface area contributed by atoms with Gasteiger partial charge in [0.05, 0.1) is 12.2 Å². The highest BCUT2D eigenvalue weighted by atomic mass is 32.1. The van der Waals surface area contributed by atoms with Gasteiger partial charge in [-0.3, -0.25) is 9.69 Å². The minimum Gasteiger partial charge on any atom is -0.306 e. The maximum Gasteiger partial charge on any atom is 0.240 e. The fraction of sp³-hybridized carbons (Fsp3) is 0.692. The minimum atomic E-state index is 0.0395. The molecule has 0 unspecified atom stereocenters. The summed E-state index contributed by atoms with van der Waals surface area (Å²) < 4.78 is 0. The number of aromatic nitrogens is 1. The fourth-order valence-electron chi connectivity index (χ4n) is 2.37. The molecule has 6 heteroatoms. The van der Waals surface area contributed by atoms with Crippen molar-refractivity contribution in [2.75, 3.05) is 39.0 Å². The molecule has 0 bridgehead atoms. The summed E-state index contributed by atoms with van der Waals surface area (Å²) in [6.07, 6.45) is 2.27. The number of thiazole rings is 1. The maximum absolute atomic E-state index is 11.9. The minimum absolute atomic E-state index is 0.0395. The molecular weight excluding hydrogens is 260 g/mol. The van der Waals surface area contributed by atoms with Crippen LogP contribution in [-0.4, -0.2) is 60.5 Å². The van der Waals surface area contributed by atoms with E-state index in [9.17, 15) is 4.79 Å². The summed E-state index contributed by atoms with van der Waals surface area (Å²) in [5.41, 5.74) is 0.951. The molecule has 19 heavy (non-hydrogen) atoms. The number of rotatable bonds is 4. The number of hydrogen-bond acceptors (Lipinski definition) is 5. The number of nitrogens with one attached hydrogen (secondary N) is 1. The molecule has 1 aliphatic rings. The van der Waals surface area contributed by atoms with Gasteiger partial charge in [0, 0.05) is 24.5 Å². The highest BCUT2D eigenvalue weighted by Gasteiger charge is 2.22. The van der Waals surface area contributed by atoms with Crippen LogP contribution in [0.5, 0.6) is 0 Å². The van der Waals surface area contributed by atoms with Gasteiger partial charge in [-0.1, -0.05) is 0 Å². The highest BCUT2D eigenvalue weighted by Crippen LogP contribution is 2.16. The second-order valence-electron chi connectivity index (χ2n) is 5.31. The maximum atomic E-state index is 11.9. The van der Waals surface area contributed by atoms with Crippen molar-refractivity contribution < 1.29 is 4.79 Å².